The molecule has 3 heteroatoms. The molecule has 3 nitrogen and oxygen atoms in total. The number of aryl methyl sites for hydroxylation is 1. The smallest absolute Gasteiger partial charge is 0.159 e. The summed E-state index contributed by atoms with van der Waals surface area (Å²) in [6.07, 6.45) is 20.5. The molecule has 0 fully saturated rings. The largest absolute Gasteiger partial charge is 0.490 e. The number of unbranched alkanes of at least 4 members (excludes halogenated alkanes) is 9. The standard InChI is InChI=1S/C28H44N2O/c1-4-5-6-11-14-21-31-27-22-29-28(30-23-27)26-19-17-25(18-20-26)16-13-10-8-7-9-12-15-24(2)3/h17-20,22-24H,4-16,21H2,1-3H3. The van der Waals surface area contributed by atoms with E-state index < -0.39 is 0 Å². The molecule has 0 N–H and O–H groups in total. The predicted octanol–water partition coefficient (Wildman–Crippen LogP) is 8.42. The lowest BCUT2D eigenvalue weighted by Crippen LogP contribution is -1.99. The molecule has 0 amide bonds. The third-order valence-corrected chi connectivity index (χ3v) is 5.85. The SMILES string of the molecule is CCCCCCCOc1cnc(-c2ccc(CCCCCCCCC(C)C)cc2)nc1. The van der Waals surface area contributed by atoms with Crippen molar-refractivity contribution in [2.45, 2.75) is 104 Å². The molecule has 0 unspecified atom stereocenters. The molecule has 0 bridgehead atoms. The Labute approximate surface area is 191 Å². The van der Waals surface area contributed by atoms with Gasteiger partial charge in [0.25, 0.3) is 0 Å². The Balaban J connectivity index is 1.63. The first kappa shape index (κ1) is 25.4. The second-order valence-corrected chi connectivity index (χ2v) is 9.26. The zero-order valence-electron chi connectivity index (χ0n) is 20.2. The van der Waals surface area contributed by atoms with Crippen molar-refractivity contribution in [3.8, 4) is 17.1 Å². The van der Waals surface area contributed by atoms with Gasteiger partial charge in [0.1, 0.15) is 0 Å². The van der Waals surface area contributed by atoms with E-state index in [-0.39, 0.29) is 0 Å². The van der Waals surface area contributed by atoms with Gasteiger partial charge in [-0.15, -0.1) is 0 Å². The Bertz CT molecular complexity index is 679. The maximum Gasteiger partial charge on any atom is 0.159 e. The van der Waals surface area contributed by atoms with E-state index in [1.54, 1.807) is 12.4 Å². The van der Waals surface area contributed by atoms with Crippen molar-refractivity contribution in [2.24, 2.45) is 5.92 Å². The second kappa shape index (κ2) is 15.8. The fraction of sp³-hybridized carbons (Fsp3) is 0.643. The van der Waals surface area contributed by atoms with Gasteiger partial charge in [-0.3, -0.25) is 0 Å². The molecule has 1 aromatic heterocycles. The van der Waals surface area contributed by atoms with Crippen molar-refractivity contribution in [1.29, 1.82) is 0 Å². The van der Waals surface area contributed by atoms with Crippen LogP contribution >= 0.6 is 0 Å². The molecule has 1 aromatic carbocycles. The van der Waals surface area contributed by atoms with Crippen LogP contribution in [-0.4, -0.2) is 16.6 Å². The van der Waals surface area contributed by atoms with Crippen LogP contribution < -0.4 is 4.74 Å². The number of benzene rings is 1. The summed E-state index contributed by atoms with van der Waals surface area (Å²) >= 11 is 0. The number of rotatable bonds is 17. The van der Waals surface area contributed by atoms with Crippen LogP contribution in [0.3, 0.4) is 0 Å². The maximum atomic E-state index is 5.77. The van der Waals surface area contributed by atoms with Crippen LogP contribution in [0.4, 0.5) is 0 Å². The average molecular weight is 425 g/mol. The zero-order valence-corrected chi connectivity index (χ0v) is 20.2. The molecular formula is C28H44N2O. The van der Waals surface area contributed by atoms with Gasteiger partial charge in [0.2, 0.25) is 0 Å². The van der Waals surface area contributed by atoms with E-state index in [4.69, 9.17) is 4.74 Å². The van der Waals surface area contributed by atoms with Gasteiger partial charge in [0.05, 0.1) is 19.0 Å². The summed E-state index contributed by atoms with van der Waals surface area (Å²) in [5.74, 6) is 2.38. The van der Waals surface area contributed by atoms with Crippen molar-refractivity contribution in [3.05, 3.63) is 42.2 Å². The molecule has 0 atom stereocenters. The van der Waals surface area contributed by atoms with E-state index in [9.17, 15) is 0 Å². The minimum atomic E-state index is 0.749. The number of hydrogen-bond donors (Lipinski definition) is 0. The topological polar surface area (TPSA) is 35.0 Å². The van der Waals surface area contributed by atoms with Crippen LogP contribution in [0.5, 0.6) is 5.75 Å². The van der Waals surface area contributed by atoms with Gasteiger partial charge in [0, 0.05) is 5.56 Å². The molecule has 0 spiro atoms. The van der Waals surface area contributed by atoms with Gasteiger partial charge >= 0.3 is 0 Å². The molecule has 0 radical (unpaired) electrons. The Morgan fingerprint density at radius 1 is 0.742 bits per heavy atom. The van der Waals surface area contributed by atoms with Crippen molar-refractivity contribution in [3.63, 3.8) is 0 Å². The van der Waals surface area contributed by atoms with Gasteiger partial charge in [-0.25, -0.2) is 9.97 Å². The van der Waals surface area contributed by atoms with E-state index in [0.29, 0.717) is 0 Å². The molecule has 0 aliphatic rings. The number of nitrogens with zero attached hydrogens (tertiary/aromatic N) is 2. The van der Waals surface area contributed by atoms with E-state index >= 15 is 0 Å². The third kappa shape index (κ3) is 11.3. The number of aromatic nitrogens is 2. The lowest BCUT2D eigenvalue weighted by Gasteiger charge is -2.07. The minimum absolute atomic E-state index is 0.749. The van der Waals surface area contributed by atoms with Crippen molar-refractivity contribution in [1.82, 2.24) is 9.97 Å². The molecular weight excluding hydrogens is 380 g/mol. The van der Waals surface area contributed by atoms with E-state index in [1.165, 1.54) is 76.2 Å². The summed E-state index contributed by atoms with van der Waals surface area (Å²) in [7, 11) is 0. The summed E-state index contributed by atoms with van der Waals surface area (Å²) in [5.41, 5.74) is 2.48. The first-order valence-corrected chi connectivity index (χ1v) is 12.7. The third-order valence-electron chi connectivity index (χ3n) is 5.85. The first-order chi connectivity index (χ1) is 15.2. The molecule has 0 saturated heterocycles. The van der Waals surface area contributed by atoms with Gasteiger partial charge < -0.3 is 4.74 Å². The van der Waals surface area contributed by atoms with Crippen molar-refractivity contribution >= 4 is 0 Å². The highest BCUT2D eigenvalue weighted by Crippen LogP contribution is 2.19. The summed E-state index contributed by atoms with van der Waals surface area (Å²) in [6.45, 7) is 7.62. The maximum absolute atomic E-state index is 5.77. The van der Waals surface area contributed by atoms with E-state index in [0.717, 1.165) is 42.5 Å². The number of hydrogen-bond acceptors (Lipinski definition) is 3. The molecule has 0 aliphatic carbocycles. The fourth-order valence-electron chi connectivity index (χ4n) is 3.84. The Hall–Kier alpha value is -1.90. The normalized spacial score (nSPS) is 11.2. The quantitative estimate of drug-likeness (QED) is 0.239. The Morgan fingerprint density at radius 2 is 1.35 bits per heavy atom. The second-order valence-electron chi connectivity index (χ2n) is 9.26. The van der Waals surface area contributed by atoms with Crippen LogP contribution in [0.15, 0.2) is 36.7 Å². The van der Waals surface area contributed by atoms with Crippen LogP contribution in [0.1, 0.15) is 103 Å². The molecule has 31 heavy (non-hydrogen) atoms. The lowest BCUT2D eigenvalue weighted by molar-refractivity contribution is 0.302. The molecule has 0 saturated carbocycles. The molecule has 2 aromatic rings. The highest BCUT2D eigenvalue weighted by atomic mass is 16.5. The van der Waals surface area contributed by atoms with Crippen molar-refractivity contribution in [2.75, 3.05) is 6.61 Å². The predicted molar refractivity (Wildman–Crippen MR) is 133 cm³/mol. The Morgan fingerprint density at radius 3 is 2.03 bits per heavy atom. The average Bonchev–Trinajstić information content (AvgIpc) is 2.78. The monoisotopic (exact) mass is 424 g/mol. The highest BCUT2D eigenvalue weighted by Gasteiger charge is 2.03. The van der Waals surface area contributed by atoms with Crippen LogP contribution in [0, 0.1) is 5.92 Å². The molecule has 1 heterocycles. The highest BCUT2D eigenvalue weighted by molar-refractivity contribution is 5.55. The van der Waals surface area contributed by atoms with E-state index in [2.05, 4.69) is 55.0 Å². The number of ether oxygens (including phenoxy) is 1. The van der Waals surface area contributed by atoms with Crippen LogP contribution in [0.25, 0.3) is 11.4 Å². The summed E-state index contributed by atoms with van der Waals surface area (Å²) in [4.78, 5) is 8.99. The Kier molecular flexibility index (Phi) is 13.0. The van der Waals surface area contributed by atoms with Crippen molar-refractivity contribution < 1.29 is 4.74 Å². The molecule has 2 rings (SSSR count). The fourth-order valence-corrected chi connectivity index (χ4v) is 3.84. The molecule has 0 aliphatic heterocycles. The van der Waals surface area contributed by atoms with E-state index in [1.807, 2.05) is 0 Å². The zero-order chi connectivity index (χ0) is 22.2. The van der Waals surface area contributed by atoms with Gasteiger partial charge in [-0.05, 0) is 30.7 Å². The first-order valence-electron chi connectivity index (χ1n) is 12.7. The van der Waals surface area contributed by atoms with Gasteiger partial charge in [0.15, 0.2) is 11.6 Å². The minimum Gasteiger partial charge on any atom is -0.490 e. The summed E-state index contributed by atoms with van der Waals surface area (Å²) < 4.78 is 5.77. The molecule has 172 valence electrons. The summed E-state index contributed by atoms with van der Waals surface area (Å²) in [6, 6.07) is 8.74. The lowest BCUT2D eigenvalue weighted by atomic mass is 10.0. The van der Waals surface area contributed by atoms with Crippen LogP contribution in [-0.2, 0) is 6.42 Å². The van der Waals surface area contributed by atoms with Gasteiger partial charge in [-0.1, -0.05) is 109 Å². The van der Waals surface area contributed by atoms with Gasteiger partial charge in [-0.2, -0.15) is 0 Å². The van der Waals surface area contributed by atoms with Crippen LogP contribution in [0.2, 0.25) is 0 Å². The summed E-state index contributed by atoms with van der Waals surface area (Å²) in [5, 5.41) is 0.